The molecule has 1 amide bonds. The number of Topliss-reactive ketones (excluding diaryl/α,β-unsaturated/α-hetero) is 1. The van der Waals surface area contributed by atoms with E-state index >= 15 is 0 Å². The molecule has 0 aliphatic carbocycles. The Labute approximate surface area is 129 Å². The lowest BCUT2D eigenvalue weighted by Crippen LogP contribution is -2.33. The fourth-order valence-corrected chi connectivity index (χ4v) is 2.78. The van der Waals surface area contributed by atoms with E-state index in [2.05, 4.69) is 9.97 Å². The zero-order valence-corrected chi connectivity index (χ0v) is 12.4. The summed E-state index contributed by atoms with van der Waals surface area (Å²) in [7, 11) is 0. The summed E-state index contributed by atoms with van der Waals surface area (Å²) < 4.78 is 0. The number of ketones is 1. The lowest BCUT2D eigenvalue weighted by molar-refractivity contribution is -0.131. The number of aromatic nitrogens is 2. The molecule has 0 spiro atoms. The molecule has 1 N–H and O–H groups in total. The molecule has 0 fully saturated rings. The molecule has 0 saturated carbocycles. The molecule has 1 aromatic carbocycles. The number of carbonyl (C=O) groups is 2. The van der Waals surface area contributed by atoms with Crippen LogP contribution < -0.4 is 0 Å². The summed E-state index contributed by atoms with van der Waals surface area (Å²) in [5.74, 6) is 0.0742. The van der Waals surface area contributed by atoms with Crippen LogP contribution in [0.5, 0.6) is 0 Å². The van der Waals surface area contributed by atoms with Crippen LogP contribution in [0, 0.1) is 0 Å². The summed E-state index contributed by atoms with van der Waals surface area (Å²) >= 11 is 0. The Hall–Kier alpha value is -2.43. The molecule has 0 radical (unpaired) electrons. The molecular formula is C17H19N3O2. The zero-order chi connectivity index (χ0) is 15.4. The van der Waals surface area contributed by atoms with Crippen molar-refractivity contribution in [2.75, 3.05) is 13.1 Å². The van der Waals surface area contributed by atoms with Crippen LogP contribution in [0.2, 0.25) is 0 Å². The number of hydrogen-bond donors (Lipinski definition) is 1. The minimum atomic E-state index is 0.0238. The average molecular weight is 297 g/mol. The molecule has 0 atom stereocenters. The van der Waals surface area contributed by atoms with Crippen LogP contribution in [0.4, 0.5) is 0 Å². The normalized spacial score (nSPS) is 14.3. The van der Waals surface area contributed by atoms with Gasteiger partial charge in [-0.15, -0.1) is 0 Å². The van der Waals surface area contributed by atoms with Crippen molar-refractivity contribution < 1.29 is 9.59 Å². The van der Waals surface area contributed by atoms with Gasteiger partial charge in [-0.25, -0.2) is 4.98 Å². The van der Waals surface area contributed by atoms with Gasteiger partial charge in [-0.2, -0.15) is 0 Å². The van der Waals surface area contributed by atoms with Crippen molar-refractivity contribution in [3.8, 4) is 0 Å². The van der Waals surface area contributed by atoms with Crippen LogP contribution >= 0.6 is 0 Å². The van der Waals surface area contributed by atoms with Crippen LogP contribution in [-0.2, 0) is 17.6 Å². The second-order valence-electron chi connectivity index (χ2n) is 5.50. The Bertz CT molecular complexity index is 641. The van der Waals surface area contributed by atoms with Crippen molar-refractivity contribution >= 4 is 11.7 Å². The molecule has 5 heteroatoms. The first-order valence-electron chi connectivity index (χ1n) is 7.61. The van der Waals surface area contributed by atoms with Crippen molar-refractivity contribution in [1.29, 1.82) is 0 Å². The van der Waals surface area contributed by atoms with Gasteiger partial charge in [0.25, 0.3) is 0 Å². The molecular weight excluding hydrogens is 278 g/mol. The predicted molar refractivity (Wildman–Crippen MR) is 82.6 cm³/mol. The maximum absolute atomic E-state index is 12.3. The smallest absolute Gasteiger partial charge is 0.223 e. The van der Waals surface area contributed by atoms with Crippen molar-refractivity contribution in [1.82, 2.24) is 14.9 Å². The molecule has 1 aromatic heterocycles. The van der Waals surface area contributed by atoms with Gasteiger partial charge >= 0.3 is 0 Å². The molecule has 0 saturated heterocycles. The first-order valence-corrected chi connectivity index (χ1v) is 7.61. The van der Waals surface area contributed by atoms with E-state index in [1.807, 2.05) is 23.1 Å². The fraction of sp³-hybridized carbons (Fsp3) is 0.353. The zero-order valence-electron chi connectivity index (χ0n) is 12.4. The van der Waals surface area contributed by atoms with E-state index < -0.39 is 0 Å². The minimum absolute atomic E-state index is 0.0238. The second kappa shape index (κ2) is 6.56. The number of benzene rings is 1. The highest BCUT2D eigenvalue weighted by Crippen LogP contribution is 2.13. The Kier molecular flexibility index (Phi) is 4.32. The van der Waals surface area contributed by atoms with E-state index in [4.69, 9.17) is 0 Å². The van der Waals surface area contributed by atoms with Gasteiger partial charge in [0.15, 0.2) is 5.78 Å². The number of imidazole rings is 1. The highest BCUT2D eigenvalue weighted by atomic mass is 16.2. The van der Waals surface area contributed by atoms with E-state index in [-0.39, 0.29) is 24.5 Å². The van der Waals surface area contributed by atoms with Crippen LogP contribution in [0.3, 0.4) is 0 Å². The van der Waals surface area contributed by atoms with Crippen LogP contribution in [0.15, 0.2) is 36.7 Å². The Morgan fingerprint density at radius 1 is 1.09 bits per heavy atom. The van der Waals surface area contributed by atoms with Crippen LogP contribution in [0.1, 0.15) is 34.6 Å². The fourth-order valence-electron chi connectivity index (χ4n) is 2.78. The molecule has 2 heterocycles. The highest BCUT2D eigenvalue weighted by molar-refractivity contribution is 5.97. The lowest BCUT2D eigenvalue weighted by Gasteiger charge is -2.20. The lowest BCUT2D eigenvalue weighted by atomic mass is 10.1. The number of carbonyl (C=O) groups excluding carboxylic acids is 2. The third-order valence-corrected chi connectivity index (χ3v) is 4.07. The summed E-state index contributed by atoms with van der Waals surface area (Å²) in [6.45, 7) is 1.36. The molecule has 0 unspecified atom stereocenters. The van der Waals surface area contributed by atoms with Gasteiger partial charge in [0, 0.05) is 50.0 Å². The first-order chi connectivity index (χ1) is 10.7. The maximum Gasteiger partial charge on any atom is 0.223 e. The number of fused-ring (bicyclic) bond motifs is 1. The summed E-state index contributed by atoms with van der Waals surface area (Å²) in [6.07, 6.45) is 3.82. The second-order valence-corrected chi connectivity index (χ2v) is 5.50. The largest absolute Gasteiger partial charge is 0.348 e. The number of aromatic amines is 1. The number of nitrogens with one attached hydrogen (secondary N) is 1. The van der Waals surface area contributed by atoms with Gasteiger partial charge in [0.1, 0.15) is 0 Å². The van der Waals surface area contributed by atoms with Crippen molar-refractivity contribution in [3.05, 3.63) is 53.6 Å². The van der Waals surface area contributed by atoms with Crippen molar-refractivity contribution in [3.63, 3.8) is 0 Å². The molecule has 0 bridgehead atoms. The average Bonchev–Trinajstić information content (AvgIpc) is 2.91. The Morgan fingerprint density at radius 2 is 1.86 bits per heavy atom. The van der Waals surface area contributed by atoms with Gasteiger partial charge in [0.05, 0.1) is 12.0 Å². The first kappa shape index (κ1) is 14.5. The van der Waals surface area contributed by atoms with Crippen LogP contribution in [0.25, 0.3) is 0 Å². The predicted octanol–water partition coefficient (Wildman–Crippen LogP) is 2.00. The van der Waals surface area contributed by atoms with Crippen molar-refractivity contribution in [2.24, 2.45) is 0 Å². The van der Waals surface area contributed by atoms with Gasteiger partial charge in [-0.05, 0) is 0 Å². The SMILES string of the molecule is O=C(CCC(=O)N1CCc2nc[nH]c2CC1)c1ccccc1. The monoisotopic (exact) mass is 297 g/mol. The molecule has 3 rings (SSSR count). The van der Waals surface area contributed by atoms with E-state index in [1.54, 1.807) is 18.5 Å². The van der Waals surface area contributed by atoms with Crippen LogP contribution in [-0.4, -0.2) is 39.6 Å². The number of rotatable bonds is 4. The van der Waals surface area contributed by atoms with Gasteiger partial charge in [-0.1, -0.05) is 30.3 Å². The van der Waals surface area contributed by atoms with E-state index in [0.717, 1.165) is 24.2 Å². The minimum Gasteiger partial charge on any atom is -0.348 e. The van der Waals surface area contributed by atoms with Gasteiger partial charge in [0.2, 0.25) is 5.91 Å². The third kappa shape index (κ3) is 3.24. The Morgan fingerprint density at radius 3 is 2.68 bits per heavy atom. The van der Waals surface area contributed by atoms with Crippen molar-refractivity contribution in [2.45, 2.75) is 25.7 Å². The molecule has 22 heavy (non-hydrogen) atoms. The van der Waals surface area contributed by atoms with E-state index in [1.165, 1.54) is 0 Å². The summed E-state index contributed by atoms with van der Waals surface area (Å²) in [5.41, 5.74) is 2.84. The number of H-pyrrole nitrogens is 1. The van der Waals surface area contributed by atoms with E-state index in [0.29, 0.717) is 18.7 Å². The number of nitrogens with zero attached hydrogens (tertiary/aromatic N) is 2. The number of amides is 1. The molecule has 114 valence electrons. The number of hydrogen-bond acceptors (Lipinski definition) is 3. The quantitative estimate of drug-likeness (QED) is 0.878. The van der Waals surface area contributed by atoms with Gasteiger partial charge in [-0.3, -0.25) is 9.59 Å². The third-order valence-electron chi connectivity index (χ3n) is 4.07. The van der Waals surface area contributed by atoms with Gasteiger partial charge < -0.3 is 9.88 Å². The molecule has 1 aliphatic rings. The maximum atomic E-state index is 12.3. The molecule has 2 aromatic rings. The summed E-state index contributed by atoms with van der Waals surface area (Å²) in [4.78, 5) is 33.6. The molecule has 5 nitrogen and oxygen atoms in total. The standard InChI is InChI=1S/C17H19N3O2/c21-16(13-4-2-1-3-5-13)6-7-17(22)20-10-8-14-15(9-11-20)19-12-18-14/h1-5,12H,6-11H2,(H,18,19). The topological polar surface area (TPSA) is 66.1 Å². The summed E-state index contributed by atoms with van der Waals surface area (Å²) in [6, 6.07) is 9.13. The van der Waals surface area contributed by atoms with E-state index in [9.17, 15) is 9.59 Å². The molecule has 1 aliphatic heterocycles. The summed E-state index contributed by atoms with van der Waals surface area (Å²) in [5, 5.41) is 0. The highest BCUT2D eigenvalue weighted by Gasteiger charge is 2.20. The Balaban J connectivity index is 1.52.